The summed E-state index contributed by atoms with van der Waals surface area (Å²) in [5.74, 6) is 0.800. The monoisotopic (exact) mass is 223 g/mol. The van der Waals surface area contributed by atoms with E-state index in [0.29, 0.717) is 12.1 Å². The standard InChI is InChI=1S/C13H25N3/c1-5-10(3)7-13(6-2)16-11(4)12-8-14-15-9-12/h8-11,13,16H,5-7H2,1-4H3,(H,14,15). The number of hydrogen-bond acceptors (Lipinski definition) is 2. The summed E-state index contributed by atoms with van der Waals surface area (Å²) in [7, 11) is 0. The van der Waals surface area contributed by atoms with Crippen LogP contribution >= 0.6 is 0 Å². The van der Waals surface area contributed by atoms with Gasteiger partial charge >= 0.3 is 0 Å². The number of rotatable bonds is 7. The first-order valence-electron chi connectivity index (χ1n) is 6.42. The van der Waals surface area contributed by atoms with E-state index in [1.54, 1.807) is 0 Å². The largest absolute Gasteiger partial charge is 0.307 e. The zero-order valence-corrected chi connectivity index (χ0v) is 11.0. The second-order valence-corrected chi connectivity index (χ2v) is 4.77. The molecular weight excluding hydrogens is 198 g/mol. The first-order chi connectivity index (χ1) is 7.67. The Hall–Kier alpha value is -0.830. The highest BCUT2D eigenvalue weighted by Crippen LogP contribution is 2.16. The summed E-state index contributed by atoms with van der Waals surface area (Å²) < 4.78 is 0. The van der Waals surface area contributed by atoms with Gasteiger partial charge in [-0.1, -0.05) is 27.2 Å². The number of nitrogens with zero attached hydrogens (tertiary/aromatic N) is 1. The SMILES string of the molecule is CCC(C)CC(CC)NC(C)c1cn[nH]c1. The number of hydrogen-bond donors (Lipinski definition) is 2. The quantitative estimate of drug-likeness (QED) is 0.745. The lowest BCUT2D eigenvalue weighted by molar-refractivity contribution is 0.359. The number of aromatic nitrogens is 2. The summed E-state index contributed by atoms with van der Waals surface area (Å²) >= 11 is 0. The third kappa shape index (κ3) is 3.97. The Morgan fingerprint density at radius 3 is 2.56 bits per heavy atom. The van der Waals surface area contributed by atoms with Crippen LogP contribution < -0.4 is 5.32 Å². The van der Waals surface area contributed by atoms with E-state index in [1.165, 1.54) is 24.8 Å². The Kier molecular flexibility index (Phi) is 5.53. The van der Waals surface area contributed by atoms with E-state index in [2.05, 4.69) is 43.2 Å². The van der Waals surface area contributed by atoms with Crippen LogP contribution in [0.3, 0.4) is 0 Å². The van der Waals surface area contributed by atoms with Crippen molar-refractivity contribution in [3.05, 3.63) is 18.0 Å². The molecule has 0 aliphatic rings. The fourth-order valence-corrected chi connectivity index (χ4v) is 1.95. The van der Waals surface area contributed by atoms with Crippen molar-refractivity contribution < 1.29 is 0 Å². The third-order valence-electron chi connectivity index (χ3n) is 3.38. The molecule has 0 fully saturated rings. The lowest BCUT2D eigenvalue weighted by Gasteiger charge is -2.24. The Labute approximate surface area is 99.0 Å². The van der Waals surface area contributed by atoms with Crippen LogP contribution in [0.25, 0.3) is 0 Å². The van der Waals surface area contributed by atoms with Crippen LogP contribution in [-0.2, 0) is 0 Å². The van der Waals surface area contributed by atoms with E-state index in [1.807, 2.05) is 12.4 Å². The van der Waals surface area contributed by atoms with Gasteiger partial charge in [-0.3, -0.25) is 5.10 Å². The summed E-state index contributed by atoms with van der Waals surface area (Å²) in [4.78, 5) is 0. The van der Waals surface area contributed by atoms with Crippen molar-refractivity contribution in [3.63, 3.8) is 0 Å². The van der Waals surface area contributed by atoms with Gasteiger partial charge in [0.2, 0.25) is 0 Å². The number of H-pyrrole nitrogens is 1. The smallest absolute Gasteiger partial charge is 0.0534 e. The highest BCUT2D eigenvalue weighted by atomic mass is 15.1. The molecule has 0 amide bonds. The number of aromatic amines is 1. The zero-order chi connectivity index (χ0) is 12.0. The predicted molar refractivity (Wildman–Crippen MR) is 68.3 cm³/mol. The third-order valence-corrected chi connectivity index (χ3v) is 3.38. The zero-order valence-electron chi connectivity index (χ0n) is 11.0. The van der Waals surface area contributed by atoms with Crippen LogP contribution in [0.15, 0.2) is 12.4 Å². The molecule has 92 valence electrons. The minimum Gasteiger partial charge on any atom is -0.307 e. The van der Waals surface area contributed by atoms with Crippen molar-refractivity contribution in [2.45, 2.75) is 59.0 Å². The number of nitrogens with one attached hydrogen (secondary N) is 2. The van der Waals surface area contributed by atoms with Crippen molar-refractivity contribution in [2.24, 2.45) is 5.92 Å². The fourth-order valence-electron chi connectivity index (χ4n) is 1.95. The molecule has 2 N–H and O–H groups in total. The van der Waals surface area contributed by atoms with E-state index in [0.717, 1.165) is 5.92 Å². The topological polar surface area (TPSA) is 40.7 Å². The molecule has 16 heavy (non-hydrogen) atoms. The van der Waals surface area contributed by atoms with Crippen LogP contribution in [0.2, 0.25) is 0 Å². The molecule has 0 aliphatic carbocycles. The van der Waals surface area contributed by atoms with E-state index >= 15 is 0 Å². The van der Waals surface area contributed by atoms with Crippen molar-refractivity contribution in [1.29, 1.82) is 0 Å². The van der Waals surface area contributed by atoms with Crippen molar-refractivity contribution in [1.82, 2.24) is 15.5 Å². The van der Waals surface area contributed by atoms with Gasteiger partial charge in [0.25, 0.3) is 0 Å². The Balaban J connectivity index is 2.43. The molecule has 3 nitrogen and oxygen atoms in total. The van der Waals surface area contributed by atoms with Gasteiger partial charge in [0.1, 0.15) is 0 Å². The highest BCUT2D eigenvalue weighted by Gasteiger charge is 2.14. The molecule has 1 rings (SSSR count). The molecule has 0 aliphatic heterocycles. The molecule has 3 heteroatoms. The maximum atomic E-state index is 3.99. The predicted octanol–water partition coefficient (Wildman–Crippen LogP) is 3.28. The van der Waals surface area contributed by atoms with Crippen molar-refractivity contribution in [3.8, 4) is 0 Å². The van der Waals surface area contributed by atoms with Crippen LogP contribution in [0, 0.1) is 5.92 Å². The maximum Gasteiger partial charge on any atom is 0.0534 e. The van der Waals surface area contributed by atoms with Gasteiger partial charge < -0.3 is 5.32 Å². The molecule has 0 aromatic carbocycles. The van der Waals surface area contributed by atoms with Gasteiger partial charge in [0.15, 0.2) is 0 Å². The van der Waals surface area contributed by atoms with E-state index < -0.39 is 0 Å². The normalized spacial score (nSPS) is 17.0. The van der Waals surface area contributed by atoms with E-state index in [-0.39, 0.29) is 0 Å². The summed E-state index contributed by atoms with van der Waals surface area (Å²) in [5.41, 5.74) is 1.24. The Bertz CT molecular complexity index is 269. The minimum atomic E-state index is 0.382. The van der Waals surface area contributed by atoms with Crippen LogP contribution in [0.5, 0.6) is 0 Å². The second-order valence-electron chi connectivity index (χ2n) is 4.77. The second kappa shape index (κ2) is 6.69. The molecular formula is C13H25N3. The Morgan fingerprint density at radius 1 is 1.31 bits per heavy atom. The molecule has 1 heterocycles. The molecule has 0 saturated carbocycles. The average molecular weight is 223 g/mol. The molecule has 1 aromatic rings. The molecule has 3 unspecified atom stereocenters. The Morgan fingerprint density at radius 2 is 2.06 bits per heavy atom. The van der Waals surface area contributed by atoms with Crippen LogP contribution in [0.4, 0.5) is 0 Å². The molecule has 0 radical (unpaired) electrons. The minimum absolute atomic E-state index is 0.382. The first-order valence-corrected chi connectivity index (χ1v) is 6.42. The van der Waals surface area contributed by atoms with Gasteiger partial charge in [-0.25, -0.2) is 0 Å². The summed E-state index contributed by atoms with van der Waals surface area (Å²) in [6, 6.07) is 0.993. The van der Waals surface area contributed by atoms with Gasteiger partial charge in [0.05, 0.1) is 6.20 Å². The van der Waals surface area contributed by atoms with Gasteiger partial charge in [-0.15, -0.1) is 0 Å². The van der Waals surface area contributed by atoms with E-state index in [9.17, 15) is 0 Å². The fraction of sp³-hybridized carbons (Fsp3) is 0.769. The molecule has 0 spiro atoms. The lowest BCUT2D eigenvalue weighted by Crippen LogP contribution is -2.32. The highest BCUT2D eigenvalue weighted by molar-refractivity contribution is 5.08. The van der Waals surface area contributed by atoms with Gasteiger partial charge in [-0.05, 0) is 25.7 Å². The molecule has 3 atom stereocenters. The first kappa shape index (κ1) is 13.2. The van der Waals surface area contributed by atoms with Crippen LogP contribution in [-0.4, -0.2) is 16.2 Å². The molecule has 0 bridgehead atoms. The average Bonchev–Trinajstić information content (AvgIpc) is 2.81. The van der Waals surface area contributed by atoms with Crippen molar-refractivity contribution in [2.75, 3.05) is 0 Å². The molecule has 0 saturated heterocycles. The van der Waals surface area contributed by atoms with E-state index in [4.69, 9.17) is 0 Å². The van der Waals surface area contributed by atoms with Crippen LogP contribution in [0.1, 0.15) is 58.6 Å². The molecule has 1 aromatic heterocycles. The maximum absolute atomic E-state index is 3.99. The summed E-state index contributed by atoms with van der Waals surface area (Å²) in [6.07, 6.45) is 7.57. The summed E-state index contributed by atoms with van der Waals surface area (Å²) in [5, 5.41) is 10.5. The van der Waals surface area contributed by atoms with Gasteiger partial charge in [-0.2, -0.15) is 5.10 Å². The summed E-state index contributed by atoms with van der Waals surface area (Å²) in [6.45, 7) is 9.04. The van der Waals surface area contributed by atoms with Crippen molar-refractivity contribution >= 4 is 0 Å². The lowest BCUT2D eigenvalue weighted by atomic mass is 9.97. The van der Waals surface area contributed by atoms with Gasteiger partial charge in [0, 0.05) is 23.8 Å².